The SMILES string of the molecule is CCOC(=O)C(COC(C)C)NC. The highest BCUT2D eigenvalue weighted by atomic mass is 16.5. The zero-order valence-corrected chi connectivity index (χ0v) is 8.79. The number of hydrogen-bond donors (Lipinski definition) is 1. The van der Waals surface area contributed by atoms with Crippen molar-refractivity contribution >= 4 is 5.97 Å². The number of likely N-dealkylation sites (N-methyl/N-ethyl adjacent to an activating group) is 1. The molecule has 0 bridgehead atoms. The molecule has 0 aromatic rings. The molecule has 0 amide bonds. The molecule has 0 aromatic carbocycles. The van der Waals surface area contributed by atoms with Crippen LogP contribution in [0.25, 0.3) is 0 Å². The Balaban J connectivity index is 3.80. The van der Waals surface area contributed by atoms with Crippen LogP contribution in [-0.2, 0) is 14.3 Å². The van der Waals surface area contributed by atoms with Crippen LogP contribution >= 0.6 is 0 Å². The first-order valence-corrected chi connectivity index (χ1v) is 4.57. The quantitative estimate of drug-likeness (QED) is 0.620. The van der Waals surface area contributed by atoms with Crippen LogP contribution in [0.1, 0.15) is 20.8 Å². The van der Waals surface area contributed by atoms with Crippen LogP contribution in [0.2, 0.25) is 0 Å². The lowest BCUT2D eigenvalue weighted by molar-refractivity contribution is -0.147. The van der Waals surface area contributed by atoms with Gasteiger partial charge in [0.1, 0.15) is 6.04 Å². The molecule has 0 saturated carbocycles. The van der Waals surface area contributed by atoms with Gasteiger partial charge in [0.25, 0.3) is 0 Å². The van der Waals surface area contributed by atoms with E-state index in [1.165, 1.54) is 0 Å². The van der Waals surface area contributed by atoms with E-state index in [2.05, 4.69) is 5.32 Å². The molecule has 4 heteroatoms. The second kappa shape index (κ2) is 6.86. The molecule has 0 aromatic heterocycles. The average molecular weight is 189 g/mol. The minimum absolute atomic E-state index is 0.130. The molecule has 13 heavy (non-hydrogen) atoms. The van der Waals surface area contributed by atoms with Gasteiger partial charge in [-0.3, -0.25) is 4.79 Å². The molecular formula is C9H19NO3. The number of hydrogen-bond acceptors (Lipinski definition) is 4. The minimum atomic E-state index is -0.359. The van der Waals surface area contributed by atoms with Crippen molar-refractivity contribution in [3.8, 4) is 0 Å². The van der Waals surface area contributed by atoms with Gasteiger partial charge in [-0.05, 0) is 27.8 Å². The maximum absolute atomic E-state index is 11.2. The number of rotatable bonds is 6. The van der Waals surface area contributed by atoms with Crippen LogP contribution in [0.3, 0.4) is 0 Å². The first-order chi connectivity index (χ1) is 6.11. The van der Waals surface area contributed by atoms with Crippen molar-refractivity contribution in [2.75, 3.05) is 20.3 Å². The van der Waals surface area contributed by atoms with Crippen molar-refractivity contribution in [2.24, 2.45) is 0 Å². The van der Waals surface area contributed by atoms with Gasteiger partial charge in [-0.15, -0.1) is 0 Å². The molecule has 1 atom stereocenters. The third-order valence-electron chi connectivity index (χ3n) is 1.52. The standard InChI is InChI=1S/C9H19NO3/c1-5-12-9(11)8(10-4)6-13-7(2)3/h7-8,10H,5-6H2,1-4H3. The van der Waals surface area contributed by atoms with Gasteiger partial charge in [0.2, 0.25) is 0 Å². The number of nitrogens with one attached hydrogen (secondary N) is 1. The lowest BCUT2D eigenvalue weighted by Crippen LogP contribution is -2.40. The van der Waals surface area contributed by atoms with Crippen molar-refractivity contribution < 1.29 is 14.3 Å². The molecule has 4 nitrogen and oxygen atoms in total. The van der Waals surface area contributed by atoms with Crippen LogP contribution in [-0.4, -0.2) is 38.4 Å². The first-order valence-electron chi connectivity index (χ1n) is 4.57. The highest BCUT2D eigenvalue weighted by Gasteiger charge is 2.17. The van der Waals surface area contributed by atoms with Gasteiger partial charge in [0.05, 0.1) is 19.3 Å². The third kappa shape index (κ3) is 5.60. The molecule has 78 valence electrons. The normalized spacial score (nSPS) is 13.0. The van der Waals surface area contributed by atoms with Gasteiger partial charge in [-0.25, -0.2) is 0 Å². The summed E-state index contributed by atoms with van der Waals surface area (Å²) in [6.07, 6.45) is 0.130. The molecule has 0 fully saturated rings. The van der Waals surface area contributed by atoms with E-state index in [0.29, 0.717) is 13.2 Å². The fourth-order valence-electron chi connectivity index (χ4n) is 0.801. The topological polar surface area (TPSA) is 47.6 Å². The molecule has 0 aliphatic heterocycles. The van der Waals surface area contributed by atoms with Crippen LogP contribution < -0.4 is 5.32 Å². The second-order valence-corrected chi connectivity index (χ2v) is 2.98. The Morgan fingerprint density at radius 1 is 1.46 bits per heavy atom. The van der Waals surface area contributed by atoms with Gasteiger partial charge in [0, 0.05) is 0 Å². The van der Waals surface area contributed by atoms with E-state index >= 15 is 0 Å². The molecule has 0 aliphatic rings. The van der Waals surface area contributed by atoms with E-state index in [9.17, 15) is 4.79 Å². The van der Waals surface area contributed by atoms with Crippen molar-refractivity contribution in [3.05, 3.63) is 0 Å². The molecule has 0 saturated heterocycles. The first kappa shape index (κ1) is 12.4. The van der Waals surface area contributed by atoms with Crippen LogP contribution in [0.15, 0.2) is 0 Å². The predicted molar refractivity (Wildman–Crippen MR) is 50.6 cm³/mol. The number of carbonyl (C=O) groups is 1. The Bertz CT molecular complexity index is 148. The second-order valence-electron chi connectivity index (χ2n) is 2.98. The molecule has 1 unspecified atom stereocenters. The summed E-state index contributed by atoms with van der Waals surface area (Å²) < 4.78 is 10.1. The van der Waals surface area contributed by atoms with Crippen LogP contribution in [0, 0.1) is 0 Å². The number of esters is 1. The van der Waals surface area contributed by atoms with E-state index in [4.69, 9.17) is 9.47 Å². The summed E-state index contributed by atoms with van der Waals surface area (Å²) in [5.41, 5.74) is 0. The Hall–Kier alpha value is -0.610. The minimum Gasteiger partial charge on any atom is -0.465 e. The van der Waals surface area contributed by atoms with Crippen molar-refractivity contribution in [1.29, 1.82) is 0 Å². The maximum atomic E-state index is 11.2. The van der Waals surface area contributed by atoms with E-state index < -0.39 is 0 Å². The summed E-state index contributed by atoms with van der Waals surface area (Å²) in [7, 11) is 1.71. The summed E-state index contributed by atoms with van der Waals surface area (Å²) >= 11 is 0. The van der Waals surface area contributed by atoms with Gasteiger partial charge in [0.15, 0.2) is 0 Å². The summed E-state index contributed by atoms with van der Waals surface area (Å²) in [4.78, 5) is 11.2. The van der Waals surface area contributed by atoms with Gasteiger partial charge < -0.3 is 14.8 Å². The Labute approximate surface area is 79.6 Å². The van der Waals surface area contributed by atoms with Crippen molar-refractivity contribution in [3.63, 3.8) is 0 Å². The Morgan fingerprint density at radius 3 is 2.46 bits per heavy atom. The Kier molecular flexibility index (Phi) is 6.54. The average Bonchev–Trinajstić information content (AvgIpc) is 2.05. The lowest BCUT2D eigenvalue weighted by atomic mass is 10.3. The van der Waals surface area contributed by atoms with Gasteiger partial charge >= 0.3 is 5.97 Å². The van der Waals surface area contributed by atoms with E-state index in [0.717, 1.165) is 0 Å². The van der Waals surface area contributed by atoms with Crippen LogP contribution in [0.4, 0.5) is 0 Å². The highest BCUT2D eigenvalue weighted by Crippen LogP contribution is 1.94. The molecule has 0 heterocycles. The largest absolute Gasteiger partial charge is 0.465 e. The fourth-order valence-corrected chi connectivity index (χ4v) is 0.801. The zero-order valence-electron chi connectivity index (χ0n) is 8.79. The summed E-state index contributed by atoms with van der Waals surface area (Å²) in [6, 6.07) is -0.359. The summed E-state index contributed by atoms with van der Waals surface area (Å²) in [6.45, 7) is 6.40. The maximum Gasteiger partial charge on any atom is 0.325 e. The zero-order chi connectivity index (χ0) is 10.3. The molecule has 0 rings (SSSR count). The smallest absolute Gasteiger partial charge is 0.325 e. The van der Waals surface area contributed by atoms with Crippen molar-refractivity contribution in [2.45, 2.75) is 32.9 Å². The van der Waals surface area contributed by atoms with Crippen molar-refractivity contribution in [1.82, 2.24) is 5.32 Å². The molecular weight excluding hydrogens is 170 g/mol. The fraction of sp³-hybridized carbons (Fsp3) is 0.889. The van der Waals surface area contributed by atoms with E-state index in [1.807, 2.05) is 13.8 Å². The predicted octanol–water partition coefficient (Wildman–Crippen LogP) is 0.562. The van der Waals surface area contributed by atoms with E-state index in [1.54, 1.807) is 14.0 Å². The summed E-state index contributed by atoms with van der Waals surface area (Å²) in [5.74, 6) is -0.259. The molecule has 0 aliphatic carbocycles. The third-order valence-corrected chi connectivity index (χ3v) is 1.52. The molecule has 0 spiro atoms. The molecule has 1 N–H and O–H groups in total. The van der Waals surface area contributed by atoms with Crippen LogP contribution in [0.5, 0.6) is 0 Å². The highest BCUT2D eigenvalue weighted by molar-refractivity contribution is 5.75. The monoisotopic (exact) mass is 189 g/mol. The summed E-state index contributed by atoms with van der Waals surface area (Å²) in [5, 5.41) is 2.84. The lowest BCUT2D eigenvalue weighted by Gasteiger charge is -2.16. The Morgan fingerprint density at radius 2 is 2.08 bits per heavy atom. The van der Waals surface area contributed by atoms with Gasteiger partial charge in [-0.1, -0.05) is 0 Å². The number of carbonyl (C=O) groups excluding carboxylic acids is 1. The van der Waals surface area contributed by atoms with Gasteiger partial charge in [-0.2, -0.15) is 0 Å². The number of ether oxygens (including phenoxy) is 2. The van der Waals surface area contributed by atoms with E-state index in [-0.39, 0.29) is 18.1 Å². The molecule has 0 radical (unpaired) electrons.